The van der Waals surface area contributed by atoms with E-state index in [4.69, 9.17) is 67.6 Å². The molecule has 5 aromatic heterocycles. The fourth-order valence-electron chi connectivity index (χ4n) is 12.5. The minimum Gasteiger partial charge on any atom is -0.492 e. The van der Waals surface area contributed by atoms with Crippen molar-refractivity contribution in [2.45, 2.75) is 119 Å². The number of esters is 1. The summed E-state index contributed by atoms with van der Waals surface area (Å²) >= 11 is 11.3. The number of para-hydroxylation sites is 1. The van der Waals surface area contributed by atoms with Gasteiger partial charge in [0.05, 0.1) is 74.6 Å². The molecule has 544 valence electrons. The monoisotopic (exact) mass is 1530 g/mol. The van der Waals surface area contributed by atoms with Crippen LogP contribution < -0.4 is 46.9 Å². The molecule has 4 aromatic carbocycles. The Labute approximate surface area is 602 Å². The molecule has 9 aromatic rings. The first-order valence-corrected chi connectivity index (χ1v) is 42.0. The molecule has 2 unspecified atom stereocenters. The molecule has 0 bridgehead atoms. The van der Waals surface area contributed by atoms with E-state index in [1.807, 2.05) is 48.5 Å². The quantitative estimate of drug-likeness (QED) is 0.0141. The number of hydrogen-bond donors (Lipinski definition) is 10. The number of H-pyrrole nitrogens is 1. The van der Waals surface area contributed by atoms with Crippen LogP contribution in [0.3, 0.4) is 0 Å². The number of amides is 2. The number of aliphatic hydroxyl groups is 2. The molecule has 4 aliphatic heterocycles. The summed E-state index contributed by atoms with van der Waals surface area (Å²) in [4.78, 5) is 99.7. The number of hydrogen-bond acceptors (Lipinski definition) is 26. The lowest BCUT2D eigenvalue weighted by molar-refractivity contribution is -0.122. The highest BCUT2D eigenvalue weighted by molar-refractivity contribution is 8.55. The number of nitrogens with one attached hydrogen (secondary N) is 4. The maximum absolute atomic E-state index is 15.5. The molecule has 12 N–H and O–H groups in total. The van der Waals surface area contributed by atoms with E-state index in [-0.39, 0.29) is 82.5 Å². The number of rotatable bonds is 24. The van der Waals surface area contributed by atoms with Gasteiger partial charge in [-0.05, 0) is 114 Å². The lowest BCUT2D eigenvalue weighted by Gasteiger charge is -2.32. The number of ether oxygens (including phenoxy) is 4. The number of anilines is 3. The summed E-state index contributed by atoms with van der Waals surface area (Å²) in [5.41, 5.74) is 17.0. The largest absolute Gasteiger partial charge is 0.492 e. The standard InChI is InChI=1S/C64H74N17O16P3S3/c1-98(88,101)92-28-11-3-2-10-26-67-47(82)16-8-9-17-48(83)78-30-39-12-4-5-13-42(39)49-54(43-14-6-7-15-44(43)78)81(77-74-49)27-29-91-40-24-20-38(21-25-40)63(87)95-41-22-18-37(19-23-41)33-103-100(90)76-51-45(96-62(56(51)85)80-36-71-53-59(80)72-64(66)73-60(53)86)31-93-99(89,102)75-50-46(32-94-100)97-61(55(50)84)79-35-70-52-57(65)68-34-69-58(52)79/h4-7,12-15,18-25,34-36,45-46,50-51,55-56,61-62,84-85H,2-3,8-11,16-17,26-33H2,1H3,(H,67,82)(H,76,90)(H,88,101)(H2,65,68,69)(H2,75,89,102)(H3,66,72,73,86)/t45-,46-,50-,51-,55-,56-,61-,62-,98?,99?,100+/m1/s1. The Morgan fingerprint density at radius 3 is 2.21 bits per heavy atom. The Morgan fingerprint density at radius 2 is 1.46 bits per heavy atom. The summed E-state index contributed by atoms with van der Waals surface area (Å²) in [6, 6.07) is 25.9. The Kier molecular flexibility index (Phi) is 22.7. The molecule has 0 aliphatic carbocycles. The highest BCUT2D eigenvalue weighted by Gasteiger charge is 2.52. The van der Waals surface area contributed by atoms with E-state index in [2.05, 4.69) is 55.7 Å². The van der Waals surface area contributed by atoms with E-state index in [1.165, 1.54) is 34.8 Å². The first-order chi connectivity index (χ1) is 49.6. The molecule has 39 heteroatoms. The topological polar surface area (TPSA) is 443 Å². The van der Waals surface area contributed by atoms with Gasteiger partial charge in [0.15, 0.2) is 41.6 Å². The van der Waals surface area contributed by atoms with Gasteiger partial charge < -0.3 is 74.2 Å². The molecule has 2 amide bonds. The first kappa shape index (κ1) is 73.5. The van der Waals surface area contributed by atoms with Crippen molar-refractivity contribution >= 4 is 112 Å². The number of aromatic amines is 1. The number of imidazole rings is 2. The number of benzene rings is 4. The van der Waals surface area contributed by atoms with E-state index >= 15 is 4.57 Å². The van der Waals surface area contributed by atoms with E-state index in [0.717, 1.165) is 53.8 Å². The van der Waals surface area contributed by atoms with Crippen molar-refractivity contribution in [2.75, 3.05) is 56.0 Å². The normalized spacial score (nSPS) is 23.9. The highest BCUT2D eigenvalue weighted by Crippen LogP contribution is 2.60. The van der Waals surface area contributed by atoms with Crippen molar-refractivity contribution in [3.63, 3.8) is 0 Å². The molecule has 0 radical (unpaired) electrons. The first-order valence-electron chi connectivity index (χ1n) is 33.0. The van der Waals surface area contributed by atoms with Gasteiger partial charge in [0.1, 0.15) is 60.1 Å². The fraction of sp³-hybridized carbons (Fsp3) is 0.391. The molecule has 0 saturated carbocycles. The molecule has 4 aliphatic rings. The molecule has 13 rings (SSSR count). The lowest BCUT2D eigenvalue weighted by Crippen LogP contribution is -2.47. The molecule has 3 saturated heterocycles. The Morgan fingerprint density at radius 1 is 0.786 bits per heavy atom. The summed E-state index contributed by atoms with van der Waals surface area (Å²) in [7, 11) is 0. The maximum Gasteiger partial charge on any atom is 0.343 e. The average molecular weight is 1530 g/mol. The van der Waals surface area contributed by atoms with Crippen LogP contribution in [0.2, 0.25) is 0 Å². The van der Waals surface area contributed by atoms with Crippen molar-refractivity contribution in [3.8, 4) is 34.0 Å². The number of nitrogen functional groups attached to an aromatic ring is 2. The van der Waals surface area contributed by atoms with Crippen LogP contribution in [0.15, 0.2) is 121 Å². The molecule has 3 fully saturated rings. The third-order valence-electron chi connectivity index (χ3n) is 17.6. The number of nitrogens with two attached hydrogens (primary N) is 2. The van der Waals surface area contributed by atoms with Crippen LogP contribution in [0.1, 0.15) is 85.3 Å². The average Bonchev–Trinajstić information content (AvgIpc) is 1.66. The summed E-state index contributed by atoms with van der Waals surface area (Å²) in [6.07, 6.45) is 0.837. The zero-order chi connectivity index (χ0) is 72.2. The molecule has 0 spiro atoms. The highest BCUT2D eigenvalue weighted by atomic mass is 32.7. The van der Waals surface area contributed by atoms with Crippen LogP contribution in [0, 0.1) is 0 Å². The molecule has 33 nitrogen and oxygen atoms in total. The summed E-state index contributed by atoms with van der Waals surface area (Å²) in [5, 5.41) is 42.1. The van der Waals surface area contributed by atoms with Gasteiger partial charge in [0, 0.05) is 42.9 Å². The zero-order valence-electron chi connectivity index (χ0n) is 55.2. The van der Waals surface area contributed by atoms with E-state index in [9.17, 15) is 39.2 Å². The van der Waals surface area contributed by atoms with Gasteiger partial charge in [0.25, 0.3) is 12.2 Å². The molecule has 9 heterocycles. The number of carbonyl (C=O) groups excluding carboxylic acids is 3. The van der Waals surface area contributed by atoms with Crippen LogP contribution >= 0.6 is 31.2 Å². The van der Waals surface area contributed by atoms with E-state index in [1.54, 1.807) is 58.1 Å². The number of fused-ring (bicyclic) bond motifs is 9. The number of carbonyl (C=O) groups is 3. The van der Waals surface area contributed by atoms with Crippen LogP contribution in [0.5, 0.6) is 11.5 Å². The van der Waals surface area contributed by atoms with E-state index < -0.39 is 93.6 Å². The maximum atomic E-state index is 15.5. The minimum atomic E-state index is -4.28. The van der Waals surface area contributed by atoms with Crippen LogP contribution in [-0.2, 0) is 79.7 Å². The number of aromatic nitrogens is 11. The summed E-state index contributed by atoms with van der Waals surface area (Å²) < 4.78 is 62.2. The van der Waals surface area contributed by atoms with Crippen molar-refractivity contribution < 1.29 is 71.5 Å². The summed E-state index contributed by atoms with van der Waals surface area (Å²) in [5.74, 6) is -0.260. The fourth-order valence-corrected chi connectivity index (χ4v) is 18.6. The van der Waals surface area contributed by atoms with Gasteiger partial charge in [-0.15, -0.1) is 5.10 Å². The molecule has 11 atom stereocenters. The van der Waals surface area contributed by atoms with Gasteiger partial charge in [-0.25, -0.2) is 39.6 Å². The van der Waals surface area contributed by atoms with Gasteiger partial charge in [-0.3, -0.25) is 33.1 Å². The summed E-state index contributed by atoms with van der Waals surface area (Å²) in [6.45, 7) is -8.74. The molecular formula is C64H74N17O16P3S3. The van der Waals surface area contributed by atoms with Gasteiger partial charge in [-0.1, -0.05) is 72.7 Å². The second-order valence-corrected chi connectivity index (χ2v) is 36.1. The van der Waals surface area contributed by atoms with Gasteiger partial charge in [0.2, 0.25) is 17.8 Å². The second kappa shape index (κ2) is 31.9. The lowest BCUT2D eigenvalue weighted by atomic mass is 9.95. The van der Waals surface area contributed by atoms with Crippen molar-refractivity contribution in [2.24, 2.45) is 0 Å². The van der Waals surface area contributed by atoms with Crippen molar-refractivity contribution in [3.05, 3.63) is 143 Å². The Bertz CT molecular complexity index is 4800. The predicted octanol–water partition coefficient (Wildman–Crippen LogP) is 6.12. The third-order valence-corrected chi connectivity index (χ3v) is 24.3. The second-order valence-electron chi connectivity index (χ2n) is 24.8. The van der Waals surface area contributed by atoms with Crippen LogP contribution in [0.25, 0.3) is 44.8 Å². The SMILES string of the molecule is CP(O)(=S)OCCCCCCNC(=O)CCCCC(=O)N1Cc2ccccc2-c2nnn(CCOc3ccc(C(=O)Oc4ccc(CS[P@]5(=O)N[C@H]6[C@@H](O)[C@H](n7cnc8c(=O)[nH]c(N)nc87)O[C@@H]6COP(O)(=S)N[C@H]6[C@@H](O)[C@H](n7cnc8c(N)ncnc87)O[C@@H]6CO5)cc4)cc3)c2-c2ccccc21. The third kappa shape index (κ3) is 17.1. The van der Waals surface area contributed by atoms with Crippen molar-refractivity contribution in [1.29, 1.82) is 0 Å². The number of nitrogens with zero attached hydrogens (tertiary/aromatic N) is 11. The van der Waals surface area contributed by atoms with Crippen LogP contribution in [-0.4, -0.2) is 168 Å². The number of unbranched alkanes of at least 4 members (excludes halogenated alkanes) is 4. The van der Waals surface area contributed by atoms with Gasteiger partial charge >= 0.3 is 12.7 Å². The number of aliphatic hydroxyl groups excluding tert-OH is 2. The van der Waals surface area contributed by atoms with Crippen molar-refractivity contribution in [1.82, 2.24) is 69.5 Å². The van der Waals surface area contributed by atoms with Gasteiger partial charge in [-0.2, -0.15) is 4.98 Å². The zero-order valence-corrected chi connectivity index (χ0v) is 60.4. The van der Waals surface area contributed by atoms with Crippen LogP contribution in [0.4, 0.5) is 17.5 Å². The Balaban J connectivity index is 0.637. The smallest absolute Gasteiger partial charge is 0.343 e. The minimum absolute atomic E-state index is 0.0154. The molecule has 103 heavy (non-hydrogen) atoms. The predicted molar refractivity (Wildman–Crippen MR) is 387 cm³/mol. The molecular weight excluding hydrogens is 1450 g/mol. The van der Waals surface area contributed by atoms with E-state index in [0.29, 0.717) is 67.3 Å². The Hall–Kier alpha value is -7.83.